The number of carboxylic acids is 1. The zero-order valence-corrected chi connectivity index (χ0v) is 18.4. The van der Waals surface area contributed by atoms with Gasteiger partial charge in [0.25, 0.3) is 0 Å². The molecule has 2 fully saturated rings. The van der Waals surface area contributed by atoms with Gasteiger partial charge in [0.05, 0.1) is 17.5 Å². The molecule has 0 bridgehead atoms. The van der Waals surface area contributed by atoms with Crippen molar-refractivity contribution in [3.63, 3.8) is 0 Å². The van der Waals surface area contributed by atoms with E-state index in [-0.39, 0.29) is 12.1 Å². The van der Waals surface area contributed by atoms with Crippen molar-refractivity contribution < 1.29 is 23.9 Å². The number of benzene rings is 3. The minimum atomic E-state index is -1.69. The SMILES string of the molecule is Cc1ccc(C2NC(Cc3ccccc3)(C(=O)O)C3C(=O)N(c4ccc(F)cc4)C(=O)C23)cc1. The summed E-state index contributed by atoms with van der Waals surface area (Å²) in [5.41, 5.74) is 1.03. The molecule has 2 amide bonds. The number of halogens is 1. The van der Waals surface area contributed by atoms with Crippen LogP contribution in [0.2, 0.25) is 0 Å². The number of nitrogens with one attached hydrogen (secondary N) is 1. The summed E-state index contributed by atoms with van der Waals surface area (Å²) in [6.07, 6.45) is 0.0307. The fraction of sp³-hybridized carbons (Fsp3) is 0.222. The highest BCUT2D eigenvalue weighted by Gasteiger charge is 2.68. The van der Waals surface area contributed by atoms with Crippen LogP contribution in [-0.4, -0.2) is 28.4 Å². The highest BCUT2D eigenvalue weighted by atomic mass is 19.1. The maximum absolute atomic E-state index is 13.7. The number of aryl methyl sites for hydroxylation is 1. The number of amides is 2. The van der Waals surface area contributed by atoms with Crippen LogP contribution >= 0.6 is 0 Å². The second-order valence-corrected chi connectivity index (χ2v) is 8.96. The van der Waals surface area contributed by atoms with Crippen molar-refractivity contribution in [3.8, 4) is 0 Å². The van der Waals surface area contributed by atoms with E-state index in [0.717, 1.165) is 21.6 Å². The predicted octanol–water partition coefficient (Wildman–Crippen LogP) is 3.65. The van der Waals surface area contributed by atoms with Gasteiger partial charge >= 0.3 is 5.97 Å². The number of carboxylic acid groups (broad SMARTS) is 1. The third kappa shape index (κ3) is 3.40. The van der Waals surface area contributed by atoms with Gasteiger partial charge in [0, 0.05) is 12.5 Å². The number of aliphatic carboxylic acids is 1. The smallest absolute Gasteiger partial charge is 0.325 e. The molecule has 172 valence electrons. The van der Waals surface area contributed by atoms with Crippen LogP contribution in [0, 0.1) is 24.6 Å². The van der Waals surface area contributed by atoms with Crippen LogP contribution in [0.3, 0.4) is 0 Å². The van der Waals surface area contributed by atoms with E-state index < -0.39 is 47.0 Å². The predicted molar refractivity (Wildman–Crippen MR) is 123 cm³/mol. The molecule has 2 N–H and O–H groups in total. The van der Waals surface area contributed by atoms with Crippen molar-refractivity contribution in [2.75, 3.05) is 4.90 Å². The molecule has 2 aliphatic rings. The zero-order valence-electron chi connectivity index (χ0n) is 18.4. The Morgan fingerprint density at radius 1 is 0.971 bits per heavy atom. The first-order chi connectivity index (χ1) is 16.3. The molecule has 6 nitrogen and oxygen atoms in total. The molecule has 4 atom stereocenters. The lowest BCUT2D eigenvalue weighted by atomic mass is 9.76. The van der Waals surface area contributed by atoms with Crippen LogP contribution in [-0.2, 0) is 20.8 Å². The quantitative estimate of drug-likeness (QED) is 0.570. The molecular weight excluding hydrogens is 435 g/mol. The van der Waals surface area contributed by atoms with Crippen LogP contribution in [0.5, 0.6) is 0 Å². The number of anilines is 1. The second kappa shape index (κ2) is 8.18. The van der Waals surface area contributed by atoms with Gasteiger partial charge in [-0.15, -0.1) is 0 Å². The number of rotatable bonds is 5. The van der Waals surface area contributed by atoms with Crippen LogP contribution in [0.4, 0.5) is 10.1 Å². The Labute approximate surface area is 196 Å². The first kappa shape index (κ1) is 22.0. The summed E-state index contributed by atoms with van der Waals surface area (Å²) in [7, 11) is 0. The van der Waals surface area contributed by atoms with E-state index in [4.69, 9.17) is 0 Å². The summed E-state index contributed by atoms with van der Waals surface area (Å²) >= 11 is 0. The Kier molecular flexibility index (Phi) is 5.29. The molecule has 2 aliphatic heterocycles. The van der Waals surface area contributed by atoms with Crippen molar-refractivity contribution in [1.29, 1.82) is 0 Å². The minimum Gasteiger partial charge on any atom is -0.480 e. The molecule has 2 heterocycles. The van der Waals surface area contributed by atoms with Gasteiger partial charge in [-0.25, -0.2) is 9.29 Å². The number of nitrogens with zero attached hydrogens (tertiary/aromatic N) is 1. The highest BCUT2D eigenvalue weighted by molar-refractivity contribution is 6.24. The Morgan fingerprint density at radius 2 is 1.62 bits per heavy atom. The first-order valence-electron chi connectivity index (χ1n) is 11.1. The van der Waals surface area contributed by atoms with E-state index in [1.165, 1.54) is 24.3 Å². The van der Waals surface area contributed by atoms with Crippen LogP contribution in [0.25, 0.3) is 0 Å². The zero-order chi connectivity index (χ0) is 24.0. The Bertz CT molecular complexity index is 1260. The van der Waals surface area contributed by atoms with E-state index in [1.54, 1.807) is 24.3 Å². The monoisotopic (exact) mass is 458 g/mol. The standard InChI is InChI=1S/C27H23FN2O4/c1-16-7-9-18(10-8-16)23-21-22(25(32)30(24(21)31)20-13-11-19(28)12-14-20)27(29-23,26(33)34)15-17-5-3-2-4-6-17/h2-14,21-23,29H,15H2,1H3,(H,33,34). The van der Waals surface area contributed by atoms with Gasteiger partial charge in [0.1, 0.15) is 11.4 Å². The van der Waals surface area contributed by atoms with Gasteiger partial charge in [-0.1, -0.05) is 60.2 Å². The van der Waals surface area contributed by atoms with Gasteiger partial charge in [-0.2, -0.15) is 0 Å². The molecule has 4 unspecified atom stereocenters. The molecule has 0 aromatic heterocycles. The molecule has 0 radical (unpaired) electrons. The van der Waals surface area contributed by atoms with Gasteiger partial charge in [0.2, 0.25) is 11.8 Å². The summed E-state index contributed by atoms with van der Waals surface area (Å²) in [5, 5.41) is 13.7. The molecule has 5 rings (SSSR count). The Balaban J connectivity index is 1.65. The maximum Gasteiger partial charge on any atom is 0.325 e. The van der Waals surface area contributed by atoms with Crippen molar-refractivity contribution in [2.24, 2.45) is 11.8 Å². The van der Waals surface area contributed by atoms with Crippen molar-refractivity contribution in [2.45, 2.75) is 24.9 Å². The van der Waals surface area contributed by atoms with Crippen molar-refractivity contribution in [3.05, 3.63) is 101 Å². The topological polar surface area (TPSA) is 86.7 Å². The molecule has 34 heavy (non-hydrogen) atoms. The van der Waals surface area contributed by atoms with Gasteiger partial charge in [-0.3, -0.25) is 19.7 Å². The van der Waals surface area contributed by atoms with Crippen LogP contribution in [0.15, 0.2) is 78.9 Å². The molecule has 2 saturated heterocycles. The highest BCUT2D eigenvalue weighted by Crippen LogP contribution is 2.50. The Morgan fingerprint density at radius 3 is 2.24 bits per heavy atom. The van der Waals surface area contributed by atoms with E-state index in [0.29, 0.717) is 0 Å². The molecule has 3 aromatic carbocycles. The number of hydrogen-bond acceptors (Lipinski definition) is 4. The number of carbonyl (C=O) groups is 3. The fourth-order valence-corrected chi connectivity index (χ4v) is 5.26. The molecule has 0 spiro atoms. The number of imide groups is 1. The molecular formula is C27H23FN2O4. The average Bonchev–Trinajstić information content (AvgIpc) is 3.30. The third-order valence-electron chi connectivity index (χ3n) is 6.88. The van der Waals surface area contributed by atoms with Crippen molar-refractivity contribution in [1.82, 2.24) is 5.32 Å². The fourth-order valence-electron chi connectivity index (χ4n) is 5.26. The summed E-state index contributed by atoms with van der Waals surface area (Å²) in [6.45, 7) is 1.94. The van der Waals surface area contributed by atoms with Crippen LogP contribution < -0.4 is 10.2 Å². The molecule has 7 heteroatoms. The number of hydrogen-bond donors (Lipinski definition) is 2. The second-order valence-electron chi connectivity index (χ2n) is 8.96. The summed E-state index contributed by atoms with van der Waals surface area (Å²) < 4.78 is 13.5. The van der Waals surface area contributed by atoms with E-state index in [2.05, 4.69) is 5.32 Å². The van der Waals surface area contributed by atoms with E-state index in [1.807, 2.05) is 37.3 Å². The number of fused-ring (bicyclic) bond motifs is 1. The van der Waals surface area contributed by atoms with E-state index in [9.17, 15) is 23.9 Å². The lowest BCUT2D eigenvalue weighted by molar-refractivity contribution is -0.148. The molecule has 0 saturated carbocycles. The summed E-state index contributed by atoms with van der Waals surface area (Å²) in [6, 6.07) is 20.9. The van der Waals surface area contributed by atoms with Gasteiger partial charge in [0.15, 0.2) is 0 Å². The largest absolute Gasteiger partial charge is 0.480 e. The number of carbonyl (C=O) groups excluding carboxylic acids is 2. The van der Waals surface area contributed by atoms with Crippen LogP contribution in [0.1, 0.15) is 22.7 Å². The van der Waals surface area contributed by atoms with Gasteiger partial charge in [-0.05, 0) is 42.3 Å². The lowest BCUT2D eigenvalue weighted by Gasteiger charge is -2.31. The third-order valence-corrected chi connectivity index (χ3v) is 6.88. The summed E-state index contributed by atoms with van der Waals surface area (Å²) in [5.74, 6) is -4.82. The van der Waals surface area contributed by atoms with Crippen molar-refractivity contribution >= 4 is 23.5 Å². The molecule has 3 aromatic rings. The minimum absolute atomic E-state index is 0.0307. The normalized spacial score (nSPS) is 26.1. The molecule has 0 aliphatic carbocycles. The first-order valence-corrected chi connectivity index (χ1v) is 11.1. The van der Waals surface area contributed by atoms with E-state index >= 15 is 0 Å². The van der Waals surface area contributed by atoms with Gasteiger partial charge < -0.3 is 5.11 Å². The Hall–Kier alpha value is -3.84. The lowest BCUT2D eigenvalue weighted by Crippen LogP contribution is -2.57. The summed E-state index contributed by atoms with van der Waals surface area (Å²) in [4.78, 5) is 41.3. The maximum atomic E-state index is 13.7. The average molecular weight is 458 g/mol.